The summed E-state index contributed by atoms with van der Waals surface area (Å²) < 4.78 is 5.91. The first kappa shape index (κ1) is 21.9. The van der Waals surface area contributed by atoms with Crippen molar-refractivity contribution in [3.05, 3.63) is 59.7 Å². The number of thioether (sulfide) groups is 1. The maximum atomic E-state index is 5.91. The zero-order valence-electron chi connectivity index (χ0n) is 18.3. The van der Waals surface area contributed by atoms with Gasteiger partial charge in [0.1, 0.15) is 5.75 Å². The first-order chi connectivity index (χ1) is 12.4. The van der Waals surface area contributed by atoms with Crippen LogP contribution in [0.2, 0.25) is 0 Å². The van der Waals surface area contributed by atoms with E-state index < -0.39 is 0 Å². The lowest BCUT2D eigenvalue weighted by atomic mass is 9.78. The Morgan fingerprint density at radius 3 is 1.59 bits per heavy atom. The summed E-state index contributed by atoms with van der Waals surface area (Å²) in [5, 5.41) is 0. The third-order valence-corrected chi connectivity index (χ3v) is 6.11. The van der Waals surface area contributed by atoms with E-state index in [1.807, 2.05) is 11.8 Å². The van der Waals surface area contributed by atoms with Gasteiger partial charge in [0.25, 0.3) is 0 Å². The summed E-state index contributed by atoms with van der Waals surface area (Å²) in [7, 11) is 0. The minimum Gasteiger partial charge on any atom is -0.493 e. The van der Waals surface area contributed by atoms with Crippen molar-refractivity contribution in [1.82, 2.24) is 0 Å². The van der Waals surface area contributed by atoms with E-state index in [0.717, 1.165) is 18.1 Å². The molecule has 0 spiro atoms. The molecule has 0 saturated carbocycles. The summed E-state index contributed by atoms with van der Waals surface area (Å²) in [6, 6.07) is 17.6. The number of hydrogen-bond donors (Lipinski definition) is 0. The van der Waals surface area contributed by atoms with Crippen molar-refractivity contribution in [1.29, 1.82) is 0 Å². The fourth-order valence-electron chi connectivity index (χ4n) is 2.70. The maximum absolute atomic E-state index is 5.91. The minimum atomic E-state index is -0.0320. The molecule has 2 rings (SSSR count). The lowest BCUT2D eigenvalue weighted by Gasteiger charge is -2.27. The van der Waals surface area contributed by atoms with Crippen molar-refractivity contribution in [2.75, 3.05) is 12.4 Å². The molecule has 0 aliphatic heterocycles. The zero-order valence-corrected chi connectivity index (χ0v) is 19.2. The average molecular weight is 385 g/mol. The number of benzene rings is 2. The molecular weight excluding hydrogens is 348 g/mol. The quantitative estimate of drug-likeness (QED) is 0.475. The lowest BCUT2D eigenvalue weighted by Crippen LogP contribution is -2.19. The van der Waals surface area contributed by atoms with Crippen LogP contribution >= 0.6 is 11.8 Å². The highest BCUT2D eigenvalue weighted by Gasteiger charge is 2.23. The maximum Gasteiger partial charge on any atom is 0.119 e. The van der Waals surface area contributed by atoms with Crippen molar-refractivity contribution in [2.24, 2.45) is 10.8 Å². The van der Waals surface area contributed by atoms with Gasteiger partial charge in [-0.3, -0.25) is 0 Å². The SMILES string of the molecule is CC(C)(C)COc1ccc(C(C)(C)c2ccc(SCC(C)(C)C)cc2)cc1. The van der Waals surface area contributed by atoms with Gasteiger partial charge in [0.05, 0.1) is 6.61 Å². The molecule has 0 aliphatic rings. The minimum absolute atomic E-state index is 0.0320. The molecule has 0 saturated heterocycles. The monoisotopic (exact) mass is 384 g/mol. The van der Waals surface area contributed by atoms with Crippen LogP contribution in [0.3, 0.4) is 0 Å². The van der Waals surface area contributed by atoms with Crippen molar-refractivity contribution in [3.8, 4) is 5.75 Å². The second-order valence-electron chi connectivity index (χ2n) is 10.4. The van der Waals surface area contributed by atoms with Crippen molar-refractivity contribution >= 4 is 11.8 Å². The topological polar surface area (TPSA) is 9.23 Å². The van der Waals surface area contributed by atoms with E-state index in [9.17, 15) is 0 Å². The van der Waals surface area contributed by atoms with Gasteiger partial charge in [-0.05, 0) is 46.2 Å². The molecule has 0 heterocycles. The number of ether oxygens (including phenoxy) is 1. The summed E-state index contributed by atoms with van der Waals surface area (Å²) >= 11 is 1.94. The Morgan fingerprint density at radius 1 is 0.667 bits per heavy atom. The summed E-state index contributed by atoms with van der Waals surface area (Å²) in [6.07, 6.45) is 0. The first-order valence-electron chi connectivity index (χ1n) is 9.84. The molecule has 0 aliphatic carbocycles. The molecular formula is C25H36OS. The molecule has 0 atom stereocenters. The Bertz CT molecular complexity index is 649. The molecule has 0 N–H and O–H groups in total. The van der Waals surface area contributed by atoms with Crippen molar-refractivity contribution < 1.29 is 4.74 Å². The van der Waals surface area contributed by atoms with Crippen LogP contribution in [-0.2, 0) is 5.41 Å². The number of rotatable bonds is 6. The van der Waals surface area contributed by atoms with Crippen LogP contribution in [-0.4, -0.2) is 12.4 Å². The molecule has 0 fully saturated rings. The van der Waals surface area contributed by atoms with Crippen LogP contribution in [0.15, 0.2) is 53.4 Å². The van der Waals surface area contributed by atoms with Crippen LogP contribution in [0, 0.1) is 10.8 Å². The van der Waals surface area contributed by atoms with Gasteiger partial charge < -0.3 is 4.74 Å². The molecule has 0 aromatic heterocycles. The van der Waals surface area contributed by atoms with Gasteiger partial charge in [-0.1, -0.05) is 79.7 Å². The highest BCUT2D eigenvalue weighted by molar-refractivity contribution is 7.99. The Kier molecular flexibility index (Phi) is 6.73. The Hall–Kier alpha value is -1.41. The van der Waals surface area contributed by atoms with Crippen LogP contribution in [0.5, 0.6) is 5.75 Å². The van der Waals surface area contributed by atoms with Gasteiger partial charge in [-0.2, -0.15) is 0 Å². The molecule has 2 heteroatoms. The van der Waals surface area contributed by atoms with Gasteiger partial charge >= 0.3 is 0 Å². The summed E-state index contributed by atoms with van der Waals surface area (Å²) in [4.78, 5) is 1.34. The van der Waals surface area contributed by atoms with Crippen LogP contribution < -0.4 is 4.74 Å². The predicted octanol–water partition coefficient (Wildman–Crippen LogP) is 7.58. The normalized spacial score (nSPS) is 12.9. The largest absolute Gasteiger partial charge is 0.493 e. The van der Waals surface area contributed by atoms with Crippen molar-refractivity contribution in [2.45, 2.75) is 65.7 Å². The molecule has 2 aromatic carbocycles. The van der Waals surface area contributed by atoms with Gasteiger partial charge in [-0.25, -0.2) is 0 Å². The molecule has 27 heavy (non-hydrogen) atoms. The Balaban J connectivity index is 2.08. The van der Waals surface area contributed by atoms with E-state index in [0.29, 0.717) is 5.41 Å². The molecule has 1 nitrogen and oxygen atoms in total. The molecule has 0 radical (unpaired) electrons. The third-order valence-electron chi connectivity index (χ3n) is 4.50. The fourth-order valence-corrected chi connectivity index (χ4v) is 3.63. The standard InChI is InChI=1S/C25H36OS/c1-23(2,3)17-26-21-13-9-19(10-14-21)25(7,8)20-11-15-22(16-12-20)27-18-24(4,5)6/h9-16H,17-18H2,1-8H3. The van der Waals surface area contributed by atoms with Gasteiger partial charge in [0.2, 0.25) is 0 Å². The van der Waals surface area contributed by atoms with E-state index in [1.54, 1.807) is 0 Å². The van der Waals surface area contributed by atoms with Crippen molar-refractivity contribution in [3.63, 3.8) is 0 Å². The fraction of sp³-hybridized carbons (Fsp3) is 0.520. The third kappa shape index (κ3) is 6.92. The molecule has 0 bridgehead atoms. The van der Waals surface area contributed by atoms with E-state index in [2.05, 4.69) is 104 Å². The molecule has 148 valence electrons. The smallest absolute Gasteiger partial charge is 0.119 e. The van der Waals surface area contributed by atoms with Gasteiger partial charge in [-0.15, -0.1) is 11.8 Å². The van der Waals surface area contributed by atoms with E-state index in [1.165, 1.54) is 16.0 Å². The van der Waals surface area contributed by atoms with E-state index in [4.69, 9.17) is 4.74 Å². The molecule has 0 unspecified atom stereocenters. The first-order valence-corrected chi connectivity index (χ1v) is 10.8. The van der Waals surface area contributed by atoms with E-state index in [-0.39, 0.29) is 10.8 Å². The second kappa shape index (κ2) is 8.31. The summed E-state index contributed by atoms with van der Waals surface area (Å²) in [6.45, 7) is 18.7. The summed E-state index contributed by atoms with van der Waals surface area (Å²) in [5.74, 6) is 2.07. The van der Waals surface area contributed by atoms with Crippen LogP contribution in [0.4, 0.5) is 0 Å². The van der Waals surface area contributed by atoms with Gasteiger partial charge in [0.15, 0.2) is 0 Å². The van der Waals surface area contributed by atoms with Crippen LogP contribution in [0.25, 0.3) is 0 Å². The Labute approximate surface area is 170 Å². The average Bonchev–Trinajstić information content (AvgIpc) is 2.58. The Morgan fingerprint density at radius 2 is 1.15 bits per heavy atom. The molecule has 2 aromatic rings. The lowest BCUT2D eigenvalue weighted by molar-refractivity contribution is 0.198. The highest BCUT2D eigenvalue weighted by atomic mass is 32.2. The molecule has 0 amide bonds. The van der Waals surface area contributed by atoms with Gasteiger partial charge in [0, 0.05) is 16.1 Å². The van der Waals surface area contributed by atoms with E-state index >= 15 is 0 Å². The van der Waals surface area contributed by atoms with Crippen LogP contribution in [0.1, 0.15) is 66.5 Å². The predicted molar refractivity (Wildman–Crippen MR) is 120 cm³/mol. The zero-order chi connectivity index (χ0) is 20.3. The second-order valence-corrected chi connectivity index (χ2v) is 11.4. The summed E-state index contributed by atoms with van der Waals surface area (Å²) in [5.41, 5.74) is 3.13. The number of hydrogen-bond acceptors (Lipinski definition) is 2. The highest BCUT2D eigenvalue weighted by Crippen LogP contribution is 2.34.